The Morgan fingerprint density at radius 3 is 1.58 bits per heavy atom. The van der Waals surface area contributed by atoms with Gasteiger partial charge in [0.1, 0.15) is 54.8 Å². The van der Waals surface area contributed by atoms with E-state index in [1.165, 1.54) is 28.1 Å². The van der Waals surface area contributed by atoms with Gasteiger partial charge in [-0.05, 0) is 0 Å². The van der Waals surface area contributed by atoms with Crippen LogP contribution in [-0.4, -0.2) is 157 Å². The number of hydrogen-bond donors (Lipinski definition) is 12. The highest BCUT2D eigenvalue weighted by molar-refractivity contribution is 5.81. The van der Waals surface area contributed by atoms with Crippen molar-refractivity contribution in [3.8, 4) is 0 Å². The van der Waals surface area contributed by atoms with Gasteiger partial charge in [0.15, 0.2) is 40.0 Å². The molecule has 0 bridgehead atoms. The SMILES string of the molecule is Nc1nc2c(ncn2[C@@H]2O[C@H](CO)[C@@H](O)[C@H]2O)c(=O)[nH]1.Nc1nc2c(ncn2[C@H]2C[C@H](O)[C@@H](CO)O2)c(=O)[nH]1.Nc1ncnc2c1ncn2[C@H]1C[C@H](O)[C@@H](CO)O1. The van der Waals surface area contributed by atoms with Crippen molar-refractivity contribution in [3.63, 3.8) is 0 Å². The molecular weight excluding hydrogens is 762 g/mol. The minimum absolute atomic E-state index is 0.0171. The van der Waals surface area contributed by atoms with Crippen molar-refractivity contribution in [2.24, 2.45) is 0 Å². The summed E-state index contributed by atoms with van der Waals surface area (Å²) in [7, 11) is 0. The van der Waals surface area contributed by atoms with E-state index in [2.05, 4.69) is 44.9 Å². The predicted molar refractivity (Wildman–Crippen MR) is 191 cm³/mol. The molecule has 9 heterocycles. The fourth-order valence-corrected chi connectivity index (χ4v) is 6.57. The van der Waals surface area contributed by atoms with Gasteiger partial charge in [-0.15, -0.1) is 0 Å². The Morgan fingerprint density at radius 2 is 1.09 bits per heavy atom. The number of nitrogens with one attached hydrogen (secondary N) is 2. The number of ether oxygens (including phenoxy) is 3. The molecule has 0 spiro atoms. The number of nitrogens with two attached hydrogens (primary N) is 3. The van der Waals surface area contributed by atoms with Gasteiger partial charge in [-0.2, -0.15) is 9.97 Å². The minimum Gasteiger partial charge on any atom is -0.394 e. The second-order valence-corrected chi connectivity index (χ2v) is 13.1. The van der Waals surface area contributed by atoms with Crippen molar-refractivity contribution in [2.75, 3.05) is 37.0 Å². The highest BCUT2D eigenvalue weighted by Gasteiger charge is 2.44. The number of anilines is 3. The zero-order valence-corrected chi connectivity index (χ0v) is 29.5. The maximum atomic E-state index is 11.7. The fourth-order valence-electron chi connectivity index (χ4n) is 6.57. The largest absolute Gasteiger partial charge is 0.394 e. The first-order valence-corrected chi connectivity index (χ1v) is 17.2. The number of H-pyrrole nitrogens is 2. The maximum absolute atomic E-state index is 11.7. The molecule has 27 nitrogen and oxygen atoms in total. The molecular formula is C30H39N15O12. The van der Waals surface area contributed by atoms with Crippen LogP contribution < -0.4 is 28.3 Å². The molecule has 3 aliphatic heterocycles. The van der Waals surface area contributed by atoms with E-state index in [0.29, 0.717) is 23.4 Å². The molecule has 6 aromatic rings. The summed E-state index contributed by atoms with van der Waals surface area (Å²) in [6.07, 6.45) is -1.89. The van der Waals surface area contributed by atoms with Gasteiger partial charge >= 0.3 is 0 Å². The first-order chi connectivity index (χ1) is 27.3. The summed E-state index contributed by atoms with van der Waals surface area (Å²) in [4.78, 5) is 55.8. The minimum atomic E-state index is -1.29. The lowest BCUT2D eigenvalue weighted by Gasteiger charge is -2.16. The van der Waals surface area contributed by atoms with Gasteiger partial charge in [-0.25, -0.2) is 24.9 Å². The van der Waals surface area contributed by atoms with E-state index < -0.39 is 79.1 Å². The molecule has 306 valence electrons. The Morgan fingerprint density at radius 1 is 0.614 bits per heavy atom. The third-order valence-electron chi connectivity index (χ3n) is 9.47. The van der Waals surface area contributed by atoms with Crippen LogP contribution in [-0.2, 0) is 14.2 Å². The van der Waals surface area contributed by atoms with Gasteiger partial charge < -0.3 is 67.2 Å². The van der Waals surface area contributed by atoms with Crippen LogP contribution in [0.3, 0.4) is 0 Å². The van der Waals surface area contributed by atoms with Crippen molar-refractivity contribution in [1.82, 2.24) is 58.6 Å². The lowest BCUT2D eigenvalue weighted by atomic mass is 10.1. The van der Waals surface area contributed by atoms with Crippen molar-refractivity contribution in [3.05, 3.63) is 46.0 Å². The first kappa shape index (κ1) is 39.5. The quantitative estimate of drug-likeness (QED) is 0.0748. The highest BCUT2D eigenvalue weighted by Crippen LogP contribution is 2.33. The molecule has 0 aromatic carbocycles. The molecule has 6 aromatic heterocycles. The maximum Gasteiger partial charge on any atom is 0.280 e. The third-order valence-corrected chi connectivity index (χ3v) is 9.47. The van der Waals surface area contributed by atoms with E-state index in [0.717, 1.165) is 0 Å². The molecule has 9 rings (SSSR count). The topological polar surface area (TPSA) is 418 Å². The van der Waals surface area contributed by atoms with Crippen molar-refractivity contribution in [2.45, 2.75) is 74.3 Å². The normalized spacial score (nSPS) is 28.5. The Balaban J connectivity index is 0.000000131. The zero-order valence-electron chi connectivity index (χ0n) is 29.5. The number of aromatic amines is 2. The lowest BCUT2D eigenvalue weighted by Crippen LogP contribution is -2.33. The highest BCUT2D eigenvalue weighted by atomic mass is 16.6. The molecule has 27 heteroatoms. The number of nitrogens with zero attached hydrogens (tertiary/aromatic N) is 10. The number of hydrogen-bond acceptors (Lipinski definition) is 22. The van der Waals surface area contributed by atoms with E-state index in [1.54, 1.807) is 10.9 Å². The smallest absolute Gasteiger partial charge is 0.280 e. The number of rotatable bonds is 6. The summed E-state index contributed by atoms with van der Waals surface area (Å²) >= 11 is 0. The predicted octanol–water partition coefficient (Wildman–Crippen LogP) is -5.29. The second-order valence-electron chi connectivity index (χ2n) is 13.1. The summed E-state index contributed by atoms with van der Waals surface area (Å²) < 4.78 is 20.9. The van der Waals surface area contributed by atoms with E-state index in [9.17, 15) is 30.0 Å². The average Bonchev–Trinajstić information content (AvgIpc) is 4.04. The molecule has 3 fully saturated rings. The average molecular weight is 802 g/mol. The molecule has 0 aliphatic carbocycles. The third kappa shape index (κ3) is 7.46. The molecule has 3 aliphatic rings. The van der Waals surface area contributed by atoms with Crippen molar-refractivity contribution in [1.29, 1.82) is 0 Å². The summed E-state index contributed by atoms with van der Waals surface area (Å²) in [6.45, 7) is -0.945. The molecule has 0 radical (unpaired) electrons. The summed E-state index contributed by atoms with van der Waals surface area (Å²) in [5.41, 5.74) is 17.4. The van der Waals surface area contributed by atoms with Gasteiger partial charge in [-0.1, -0.05) is 0 Å². The van der Waals surface area contributed by atoms with Crippen LogP contribution in [0.2, 0.25) is 0 Å². The Hall–Kier alpha value is -5.75. The van der Waals surface area contributed by atoms with E-state index in [4.69, 9.17) is 46.7 Å². The van der Waals surface area contributed by atoms with Crippen LogP contribution in [0.15, 0.2) is 34.9 Å². The molecule has 0 amide bonds. The van der Waals surface area contributed by atoms with Crippen LogP contribution >= 0.6 is 0 Å². The number of aliphatic hydroxyl groups excluding tert-OH is 7. The van der Waals surface area contributed by atoms with Gasteiger partial charge in [0.05, 0.1) is 51.0 Å². The molecule has 57 heavy (non-hydrogen) atoms. The van der Waals surface area contributed by atoms with Crippen molar-refractivity contribution < 1.29 is 50.0 Å². The zero-order chi connectivity index (χ0) is 40.7. The van der Waals surface area contributed by atoms with Gasteiger partial charge in [0, 0.05) is 12.8 Å². The summed E-state index contributed by atoms with van der Waals surface area (Å²) in [6, 6.07) is 0. The van der Waals surface area contributed by atoms with Gasteiger partial charge in [-0.3, -0.25) is 33.3 Å². The standard InChI is InChI=1S/C10H13N5O5.C10H13N5O4.C10H13N5O3/c11-10-13-7-4(8(19)14-10)12-2-15(7)9-6(18)5(17)3(1-16)20-9;11-10-13-8-7(9(18)14-10)12-3-15(8)6-1-4(17)5(2-16)19-6;11-9-8-10(13-3-12-9)15(4-14-8)7-1-5(17)6(2-16)18-7/h2-3,5-6,9,16-18H,1H2,(H3,11,13,14,19);3-6,16-17H,1-2H2,(H3,11,13,14,18);3-7,16-17H,1-2H2,(H2,11,12,13)/t3-,5-,6-,9-;4-,5+,6+;5-,6+,7+/m100/s1. The number of aromatic nitrogens is 12. The number of imidazole rings is 3. The van der Waals surface area contributed by atoms with Crippen LogP contribution in [0.5, 0.6) is 0 Å². The number of aliphatic hydroxyl groups is 7. The monoisotopic (exact) mass is 801 g/mol. The first-order valence-electron chi connectivity index (χ1n) is 17.2. The molecule has 0 saturated carbocycles. The Labute approximate surface area is 317 Å². The summed E-state index contributed by atoms with van der Waals surface area (Å²) in [5.74, 6) is 0.184. The Bertz CT molecular complexity index is 2470. The number of nitrogen functional groups attached to an aromatic ring is 3. The molecule has 10 atom stereocenters. The molecule has 3 saturated heterocycles. The van der Waals surface area contributed by atoms with E-state index >= 15 is 0 Å². The van der Waals surface area contributed by atoms with E-state index in [1.807, 2.05) is 0 Å². The molecule has 0 unspecified atom stereocenters. The van der Waals surface area contributed by atoms with E-state index in [-0.39, 0.29) is 53.9 Å². The van der Waals surface area contributed by atoms with Crippen LogP contribution in [0.4, 0.5) is 17.7 Å². The second kappa shape index (κ2) is 16.0. The summed E-state index contributed by atoms with van der Waals surface area (Å²) in [5, 5.41) is 66.3. The molecule has 15 N–H and O–H groups in total. The lowest BCUT2D eigenvalue weighted by molar-refractivity contribution is -0.0511. The van der Waals surface area contributed by atoms with Crippen LogP contribution in [0, 0.1) is 0 Å². The van der Waals surface area contributed by atoms with Crippen LogP contribution in [0.1, 0.15) is 31.5 Å². The van der Waals surface area contributed by atoms with Crippen LogP contribution in [0.25, 0.3) is 33.5 Å². The van der Waals surface area contributed by atoms with Gasteiger partial charge in [0.25, 0.3) is 11.1 Å². The Kier molecular flexibility index (Phi) is 11.1. The fraction of sp³-hybridized carbons (Fsp3) is 0.500. The van der Waals surface area contributed by atoms with Gasteiger partial charge in [0.2, 0.25) is 11.9 Å². The van der Waals surface area contributed by atoms with Crippen molar-refractivity contribution >= 4 is 51.2 Å². The number of fused-ring (bicyclic) bond motifs is 3.